The van der Waals surface area contributed by atoms with Crippen LogP contribution in [0.3, 0.4) is 0 Å². The summed E-state index contributed by atoms with van der Waals surface area (Å²) in [5, 5.41) is 14.6. The Hall–Kier alpha value is -3.20. The summed E-state index contributed by atoms with van der Waals surface area (Å²) in [5.41, 5.74) is 4.09. The van der Waals surface area contributed by atoms with Gasteiger partial charge in [-0.1, -0.05) is 17.4 Å². The lowest BCUT2D eigenvalue weighted by molar-refractivity contribution is -0.384. The van der Waals surface area contributed by atoms with Gasteiger partial charge >= 0.3 is 6.01 Å². The van der Waals surface area contributed by atoms with Crippen molar-refractivity contribution in [3.63, 3.8) is 0 Å². The molecule has 0 saturated carbocycles. The molecule has 0 aliphatic carbocycles. The number of hydrogen-bond donors (Lipinski definition) is 1. The van der Waals surface area contributed by atoms with Gasteiger partial charge in [0.15, 0.2) is 16.5 Å². The van der Waals surface area contributed by atoms with Gasteiger partial charge in [0.2, 0.25) is 0 Å². The summed E-state index contributed by atoms with van der Waals surface area (Å²) in [6.07, 6.45) is 0. The highest BCUT2D eigenvalue weighted by atomic mass is 32.1. The summed E-state index contributed by atoms with van der Waals surface area (Å²) in [4.78, 5) is 19.5. The van der Waals surface area contributed by atoms with E-state index in [4.69, 9.17) is 9.15 Å². The van der Waals surface area contributed by atoms with Crippen LogP contribution in [0, 0.1) is 24.0 Å². The van der Waals surface area contributed by atoms with Crippen molar-refractivity contribution in [2.75, 3.05) is 12.4 Å². The fourth-order valence-electron chi connectivity index (χ4n) is 2.82. The van der Waals surface area contributed by atoms with Gasteiger partial charge in [-0.15, -0.1) is 0 Å². The van der Waals surface area contributed by atoms with Crippen LogP contribution in [0.5, 0.6) is 5.75 Å². The van der Waals surface area contributed by atoms with Gasteiger partial charge in [0.05, 0.1) is 22.8 Å². The van der Waals surface area contributed by atoms with Crippen LogP contribution >= 0.6 is 11.3 Å². The van der Waals surface area contributed by atoms with E-state index in [2.05, 4.69) is 15.3 Å². The van der Waals surface area contributed by atoms with E-state index in [9.17, 15) is 10.1 Å². The van der Waals surface area contributed by atoms with Gasteiger partial charge in [-0.25, -0.2) is 4.98 Å². The summed E-state index contributed by atoms with van der Waals surface area (Å²) >= 11 is 1.26. The number of hydrogen-bond acceptors (Lipinski definition) is 8. The standard InChI is InChI=1S/C17H14N4O4S/c1-8-4-9(2)15-11(5-8)18-16(25-15)20-17-19-14-12(24-3)6-10(21(22)23)7-13(14)26-17/h4-7H,1-3H3,(H,18,19,20). The number of rotatable bonds is 4. The van der Waals surface area contributed by atoms with Crippen molar-refractivity contribution in [2.24, 2.45) is 0 Å². The Kier molecular flexibility index (Phi) is 3.73. The number of benzene rings is 2. The predicted molar refractivity (Wildman–Crippen MR) is 99.6 cm³/mol. The molecule has 0 aliphatic rings. The average molecular weight is 370 g/mol. The van der Waals surface area contributed by atoms with Crippen molar-refractivity contribution in [1.29, 1.82) is 0 Å². The molecule has 4 rings (SSSR count). The van der Waals surface area contributed by atoms with Crippen molar-refractivity contribution in [2.45, 2.75) is 13.8 Å². The van der Waals surface area contributed by atoms with Gasteiger partial charge in [-0.05, 0) is 31.0 Å². The summed E-state index contributed by atoms with van der Waals surface area (Å²) < 4.78 is 11.6. The number of ether oxygens (including phenoxy) is 1. The molecule has 132 valence electrons. The first-order chi connectivity index (χ1) is 12.4. The van der Waals surface area contributed by atoms with Crippen molar-refractivity contribution < 1.29 is 14.1 Å². The SMILES string of the molecule is COc1cc([N+](=O)[O-])cc2sc(Nc3nc4cc(C)cc(C)c4o3)nc12. The summed E-state index contributed by atoms with van der Waals surface area (Å²) in [7, 11) is 1.46. The Morgan fingerprint density at radius 1 is 1.23 bits per heavy atom. The number of thiazole rings is 1. The first kappa shape index (κ1) is 16.3. The molecular formula is C17H14N4O4S. The van der Waals surface area contributed by atoms with Crippen LogP contribution in [0.15, 0.2) is 28.7 Å². The molecule has 9 heteroatoms. The van der Waals surface area contributed by atoms with Gasteiger partial charge in [0.1, 0.15) is 11.0 Å². The molecule has 26 heavy (non-hydrogen) atoms. The highest BCUT2D eigenvalue weighted by Gasteiger charge is 2.17. The number of fused-ring (bicyclic) bond motifs is 2. The van der Waals surface area contributed by atoms with Crippen molar-refractivity contribution >= 4 is 49.5 Å². The number of nitro groups is 1. The Bertz CT molecular complexity index is 1160. The molecule has 8 nitrogen and oxygen atoms in total. The second kappa shape index (κ2) is 5.95. The zero-order valence-corrected chi connectivity index (χ0v) is 15.0. The van der Waals surface area contributed by atoms with Crippen molar-refractivity contribution in [1.82, 2.24) is 9.97 Å². The molecule has 4 aromatic rings. The summed E-state index contributed by atoms with van der Waals surface area (Å²) in [5.74, 6) is 0.350. The Labute approximate surface area is 151 Å². The monoisotopic (exact) mass is 370 g/mol. The Balaban J connectivity index is 1.75. The third-order valence-electron chi connectivity index (χ3n) is 3.91. The Morgan fingerprint density at radius 2 is 2.04 bits per heavy atom. The van der Waals surface area contributed by atoms with Crippen LogP contribution in [0.1, 0.15) is 11.1 Å². The van der Waals surface area contributed by atoms with E-state index in [-0.39, 0.29) is 5.69 Å². The maximum Gasteiger partial charge on any atom is 0.302 e. The molecule has 2 heterocycles. The molecule has 0 bridgehead atoms. The van der Waals surface area contributed by atoms with E-state index in [1.165, 1.54) is 30.6 Å². The smallest absolute Gasteiger partial charge is 0.302 e. The number of oxazole rings is 1. The number of aryl methyl sites for hydroxylation is 2. The molecule has 0 spiro atoms. The van der Waals surface area contributed by atoms with E-state index in [1.54, 1.807) is 0 Å². The van der Waals surface area contributed by atoms with E-state index in [0.29, 0.717) is 32.7 Å². The molecule has 1 N–H and O–H groups in total. The zero-order chi connectivity index (χ0) is 18.4. The second-order valence-corrected chi connectivity index (χ2v) is 6.88. The van der Waals surface area contributed by atoms with Crippen LogP contribution in [0.2, 0.25) is 0 Å². The molecular weight excluding hydrogens is 356 g/mol. The largest absolute Gasteiger partial charge is 0.494 e. The third kappa shape index (κ3) is 2.72. The molecule has 0 aliphatic heterocycles. The molecule has 0 unspecified atom stereocenters. The number of anilines is 2. The van der Waals surface area contributed by atoms with Gasteiger partial charge in [0, 0.05) is 6.07 Å². The van der Waals surface area contributed by atoms with Gasteiger partial charge in [-0.2, -0.15) is 4.98 Å². The fourth-order valence-corrected chi connectivity index (χ4v) is 3.73. The van der Waals surface area contributed by atoms with E-state index in [0.717, 1.165) is 16.6 Å². The number of methoxy groups -OCH3 is 1. The van der Waals surface area contributed by atoms with Gasteiger partial charge < -0.3 is 9.15 Å². The van der Waals surface area contributed by atoms with E-state index >= 15 is 0 Å². The van der Waals surface area contributed by atoms with Crippen molar-refractivity contribution in [3.05, 3.63) is 45.5 Å². The fraction of sp³-hybridized carbons (Fsp3) is 0.176. The Morgan fingerprint density at radius 3 is 2.77 bits per heavy atom. The summed E-state index contributed by atoms with van der Waals surface area (Å²) in [6.45, 7) is 3.97. The molecule has 2 aromatic carbocycles. The number of nitro benzene ring substituents is 1. The number of nitrogens with one attached hydrogen (secondary N) is 1. The van der Waals surface area contributed by atoms with Crippen LogP contribution in [-0.2, 0) is 0 Å². The lowest BCUT2D eigenvalue weighted by Gasteiger charge is -1.99. The maximum atomic E-state index is 11.1. The average Bonchev–Trinajstić information content (AvgIpc) is 3.17. The highest BCUT2D eigenvalue weighted by molar-refractivity contribution is 7.22. The van der Waals surface area contributed by atoms with Gasteiger partial charge in [0.25, 0.3) is 5.69 Å². The minimum Gasteiger partial charge on any atom is -0.494 e. The quantitative estimate of drug-likeness (QED) is 0.409. The molecule has 0 fully saturated rings. The van der Waals surface area contributed by atoms with Crippen LogP contribution < -0.4 is 10.1 Å². The topological polar surface area (TPSA) is 103 Å². The molecule has 0 saturated heterocycles. The molecule has 2 aromatic heterocycles. The minimum atomic E-state index is -0.458. The van der Waals surface area contributed by atoms with E-state index in [1.807, 2.05) is 26.0 Å². The molecule has 0 amide bonds. The first-order valence-electron chi connectivity index (χ1n) is 7.72. The maximum absolute atomic E-state index is 11.1. The molecule has 0 radical (unpaired) electrons. The zero-order valence-electron chi connectivity index (χ0n) is 14.2. The minimum absolute atomic E-state index is 0.0440. The lowest BCUT2D eigenvalue weighted by atomic mass is 10.1. The highest BCUT2D eigenvalue weighted by Crippen LogP contribution is 2.37. The van der Waals surface area contributed by atoms with E-state index < -0.39 is 4.92 Å². The number of aromatic nitrogens is 2. The summed E-state index contributed by atoms with van der Waals surface area (Å²) in [6, 6.07) is 7.12. The van der Waals surface area contributed by atoms with Crippen LogP contribution in [0.25, 0.3) is 21.3 Å². The van der Waals surface area contributed by atoms with Crippen molar-refractivity contribution in [3.8, 4) is 5.75 Å². The van der Waals surface area contributed by atoms with Crippen LogP contribution in [-0.4, -0.2) is 22.0 Å². The number of nitrogens with zero attached hydrogens (tertiary/aromatic N) is 3. The second-order valence-electron chi connectivity index (χ2n) is 5.84. The first-order valence-corrected chi connectivity index (χ1v) is 8.54. The van der Waals surface area contributed by atoms with Gasteiger partial charge in [-0.3, -0.25) is 15.4 Å². The van der Waals surface area contributed by atoms with Crippen LogP contribution in [0.4, 0.5) is 16.8 Å². The third-order valence-corrected chi connectivity index (χ3v) is 4.83. The molecule has 0 atom stereocenters. The lowest BCUT2D eigenvalue weighted by Crippen LogP contribution is -1.91. The normalized spacial score (nSPS) is 11.2. The predicted octanol–water partition coefficient (Wildman–Crippen LogP) is 4.71. The number of non-ortho nitro benzene ring substituents is 1.